The summed E-state index contributed by atoms with van der Waals surface area (Å²) in [4.78, 5) is 11.7. The first-order valence-corrected chi connectivity index (χ1v) is 8.35. The van der Waals surface area contributed by atoms with E-state index in [4.69, 9.17) is 9.05 Å². The number of carbonyl (C=O) groups is 1. The minimum Gasteiger partial charge on any atom is -0.312 e. The first-order chi connectivity index (χ1) is 8.50. The van der Waals surface area contributed by atoms with Crippen LogP contribution in [0.5, 0.6) is 0 Å². The Kier molecular flexibility index (Phi) is 6.64. The van der Waals surface area contributed by atoms with E-state index >= 15 is 0 Å². The molecule has 0 aromatic heterocycles. The number of thiol groups is 1. The summed E-state index contributed by atoms with van der Waals surface area (Å²) in [5, 5.41) is 0.0657. The van der Waals surface area contributed by atoms with Crippen molar-refractivity contribution in [2.24, 2.45) is 5.92 Å². The Morgan fingerprint density at radius 3 is 2.56 bits per heavy atom. The first kappa shape index (κ1) is 16.0. The summed E-state index contributed by atoms with van der Waals surface area (Å²) in [5.74, 6) is 0.247. The summed E-state index contributed by atoms with van der Waals surface area (Å²) >= 11 is 4.26. The lowest BCUT2D eigenvalue weighted by molar-refractivity contribution is -0.121. The molecule has 2 unspecified atom stereocenters. The van der Waals surface area contributed by atoms with Crippen LogP contribution in [0.1, 0.15) is 25.7 Å². The van der Waals surface area contributed by atoms with Crippen molar-refractivity contribution in [1.82, 2.24) is 0 Å². The van der Waals surface area contributed by atoms with Crippen molar-refractivity contribution in [3.8, 4) is 0 Å². The van der Waals surface area contributed by atoms with Gasteiger partial charge in [0, 0.05) is 31.8 Å². The molecule has 1 aliphatic rings. The zero-order valence-corrected chi connectivity index (χ0v) is 12.7. The second-order valence-corrected chi connectivity index (χ2v) is 7.49. The molecule has 0 N–H and O–H groups in total. The number of carbonyl (C=O) groups excluding carboxylic acids is 1. The van der Waals surface area contributed by atoms with Crippen molar-refractivity contribution >= 4 is 26.0 Å². The van der Waals surface area contributed by atoms with Crippen molar-refractivity contribution in [3.05, 3.63) is 12.2 Å². The maximum absolute atomic E-state index is 11.8. The highest BCUT2D eigenvalue weighted by atomic mass is 32.1. The quantitative estimate of drug-likeness (QED) is 0.339. The van der Waals surface area contributed by atoms with Crippen molar-refractivity contribution in [2.45, 2.75) is 30.9 Å². The van der Waals surface area contributed by atoms with E-state index in [2.05, 4.69) is 12.6 Å². The van der Waals surface area contributed by atoms with Crippen LogP contribution in [0, 0.1) is 5.92 Å². The molecule has 0 fully saturated rings. The van der Waals surface area contributed by atoms with Crippen LogP contribution in [0.15, 0.2) is 12.2 Å². The predicted octanol–water partition coefficient (Wildman–Crippen LogP) is 3.09. The maximum Gasteiger partial charge on any atom is 0.330 e. The Bertz CT molecular complexity index is 348. The fraction of sp³-hybridized carbons (Fsp3) is 0.750. The third-order valence-corrected chi connectivity index (χ3v) is 5.47. The van der Waals surface area contributed by atoms with Crippen molar-refractivity contribution in [3.63, 3.8) is 0 Å². The third-order valence-electron chi connectivity index (χ3n) is 3.14. The minimum absolute atomic E-state index is 0.00197. The van der Waals surface area contributed by atoms with E-state index in [9.17, 15) is 9.36 Å². The van der Waals surface area contributed by atoms with Gasteiger partial charge in [-0.15, -0.1) is 0 Å². The van der Waals surface area contributed by atoms with Gasteiger partial charge in [-0.1, -0.05) is 18.6 Å². The number of hydrogen-bond donors (Lipinski definition) is 1. The largest absolute Gasteiger partial charge is 0.330 e. The van der Waals surface area contributed by atoms with E-state index in [-0.39, 0.29) is 17.0 Å². The third kappa shape index (κ3) is 4.88. The van der Waals surface area contributed by atoms with E-state index in [1.54, 1.807) is 0 Å². The molecule has 6 heteroatoms. The van der Waals surface area contributed by atoms with Gasteiger partial charge in [-0.2, -0.15) is 12.6 Å². The summed E-state index contributed by atoms with van der Waals surface area (Å²) in [7, 11) is -0.105. The number of Topliss-reactive ketones (excluding diaryl/α,β-unsaturated/α-hetero) is 1. The summed E-state index contributed by atoms with van der Waals surface area (Å²) in [6.07, 6.45) is 7.21. The molecule has 0 bridgehead atoms. The summed E-state index contributed by atoms with van der Waals surface area (Å²) in [5.41, 5.74) is 0. The topological polar surface area (TPSA) is 52.6 Å². The van der Waals surface area contributed by atoms with Crippen LogP contribution in [-0.2, 0) is 18.4 Å². The van der Waals surface area contributed by atoms with Gasteiger partial charge in [0.2, 0.25) is 0 Å². The van der Waals surface area contributed by atoms with Gasteiger partial charge in [0.1, 0.15) is 5.78 Å². The molecule has 0 aromatic rings. The van der Waals surface area contributed by atoms with Crippen LogP contribution in [-0.4, -0.2) is 31.4 Å². The molecule has 1 aliphatic carbocycles. The smallest absolute Gasteiger partial charge is 0.312 e. The molecule has 0 heterocycles. The fourth-order valence-electron chi connectivity index (χ4n) is 1.98. The highest BCUT2D eigenvalue weighted by molar-refractivity contribution is 7.81. The van der Waals surface area contributed by atoms with Gasteiger partial charge in [0.15, 0.2) is 0 Å². The van der Waals surface area contributed by atoms with Crippen LogP contribution >= 0.6 is 20.2 Å². The minimum atomic E-state index is -2.89. The predicted molar refractivity (Wildman–Crippen MR) is 75.4 cm³/mol. The van der Waals surface area contributed by atoms with Crippen molar-refractivity contribution in [1.29, 1.82) is 0 Å². The number of ketones is 1. The molecule has 0 spiro atoms. The molecule has 0 saturated heterocycles. The molecule has 18 heavy (non-hydrogen) atoms. The molecule has 1 rings (SSSR count). The van der Waals surface area contributed by atoms with E-state index in [1.807, 2.05) is 12.2 Å². The summed E-state index contributed by atoms with van der Waals surface area (Å²) in [6, 6.07) is 0. The maximum atomic E-state index is 11.8. The van der Waals surface area contributed by atoms with Gasteiger partial charge in [-0.25, -0.2) is 0 Å². The van der Waals surface area contributed by atoms with Crippen molar-refractivity contribution < 1.29 is 18.4 Å². The molecule has 0 saturated carbocycles. The Balaban J connectivity index is 2.28. The molecule has 0 aromatic carbocycles. The molecule has 2 atom stereocenters. The monoisotopic (exact) mass is 292 g/mol. The Morgan fingerprint density at radius 1 is 1.33 bits per heavy atom. The second-order valence-electron chi connectivity index (χ2n) is 4.42. The number of hydrogen-bond acceptors (Lipinski definition) is 5. The molecule has 4 nitrogen and oxygen atoms in total. The van der Waals surface area contributed by atoms with Crippen LogP contribution in [0.3, 0.4) is 0 Å². The molecular weight excluding hydrogens is 271 g/mol. The zero-order chi connectivity index (χ0) is 13.6. The van der Waals surface area contributed by atoms with Gasteiger partial charge in [0.05, 0.1) is 6.16 Å². The number of unbranched alkanes of at least 4 members (excludes halogenated alkanes) is 1. The Morgan fingerprint density at radius 2 is 2.00 bits per heavy atom. The summed E-state index contributed by atoms with van der Waals surface area (Å²) < 4.78 is 21.5. The fourth-order valence-corrected chi connectivity index (χ4v) is 3.38. The van der Waals surface area contributed by atoms with Crippen molar-refractivity contribution in [2.75, 3.05) is 20.4 Å². The molecule has 0 radical (unpaired) electrons. The van der Waals surface area contributed by atoms with Crippen LogP contribution in [0.4, 0.5) is 0 Å². The average Bonchev–Trinajstić information content (AvgIpc) is 2.36. The van der Waals surface area contributed by atoms with Gasteiger partial charge >= 0.3 is 7.60 Å². The molecule has 0 amide bonds. The van der Waals surface area contributed by atoms with Crippen LogP contribution in [0.2, 0.25) is 0 Å². The average molecular weight is 292 g/mol. The van der Waals surface area contributed by atoms with Crippen LogP contribution < -0.4 is 0 Å². The van der Waals surface area contributed by atoms with Crippen LogP contribution in [0.25, 0.3) is 0 Å². The highest BCUT2D eigenvalue weighted by Crippen LogP contribution is 2.47. The van der Waals surface area contributed by atoms with E-state index in [0.29, 0.717) is 12.6 Å². The Labute approximate surface area is 114 Å². The lowest BCUT2D eigenvalue weighted by atomic mass is 9.90. The van der Waals surface area contributed by atoms with Gasteiger partial charge in [0.25, 0.3) is 0 Å². The van der Waals surface area contributed by atoms with Gasteiger partial charge in [-0.3, -0.25) is 9.36 Å². The number of allylic oxidation sites excluding steroid dienone is 1. The van der Waals surface area contributed by atoms with E-state index in [0.717, 1.165) is 19.3 Å². The lowest BCUT2D eigenvalue weighted by Crippen LogP contribution is -2.20. The molecular formula is C12H21O4PS. The zero-order valence-electron chi connectivity index (χ0n) is 10.9. The van der Waals surface area contributed by atoms with E-state index < -0.39 is 7.60 Å². The molecule has 0 aliphatic heterocycles. The second kappa shape index (κ2) is 7.49. The Hall–Kier alpha value is -0.0900. The first-order valence-electron chi connectivity index (χ1n) is 6.10. The van der Waals surface area contributed by atoms with Gasteiger partial charge in [-0.05, 0) is 12.8 Å². The van der Waals surface area contributed by atoms with Gasteiger partial charge < -0.3 is 9.05 Å². The molecule has 104 valence electrons. The highest BCUT2D eigenvalue weighted by Gasteiger charge is 2.23. The normalized spacial score (nSPS) is 24.5. The lowest BCUT2D eigenvalue weighted by Gasteiger charge is -2.19. The SMILES string of the molecule is COP(=O)(CCCCC1C=CC(S)CC1=O)OC. The number of rotatable bonds is 7. The van der Waals surface area contributed by atoms with E-state index in [1.165, 1.54) is 14.2 Å². The summed E-state index contributed by atoms with van der Waals surface area (Å²) in [6.45, 7) is 0. The standard InChI is InChI=1S/C12H21O4PS/c1-15-17(14,16-2)8-4-3-5-10-6-7-11(18)9-12(10)13/h6-7,10-11,18H,3-5,8-9H2,1-2H3.